The van der Waals surface area contributed by atoms with Gasteiger partial charge in [0.05, 0.1) is 17.6 Å². The lowest BCUT2D eigenvalue weighted by Gasteiger charge is -2.11. The van der Waals surface area contributed by atoms with E-state index in [0.717, 1.165) is 5.57 Å². The quantitative estimate of drug-likeness (QED) is 0.831. The Kier molecular flexibility index (Phi) is 5.90. The van der Waals surface area contributed by atoms with E-state index in [1.165, 1.54) is 18.2 Å². The first-order valence-corrected chi connectivity index (χ1v) is 7.69. The lowest BCUT2D eigenvalue weighted by molar-refractivity contribution is -0.274. The first-order chi connectivity index (χ1) is 11.8. The van der Waals surface area contributed by atoms with Crippen LogP contribution in [-0.4, -0.2) is 17.5 Å². The van der Waals surface area contributed by atoms with Crippen molar-refractivity contribution in [3.05, 3.63) is 65.3 Å². The average Bonchev–Trinajstić information content (AvgIpc) is 2.52. The first-order valence-electron chi connectivity index (χ1n) is 7.69. The van der Waals surface area contributed by atoms with Gasteiger partial charge in [-0.3, -0.25) is 4.99 Å². The molecule has 1 aromatic heterocycles. The average molecular weight is 351 g/mol. The van der Waals surface area contributed by atoms with Crippen molar-refractivity contribution < 1.29 is 17.9 Å². The lowest BCUT2D eigenvalue weighted by Crippen LogP contribution is -2.17. The minimum Gasteiger partial charge on any atom is -0.406 e. The Morgan fingerprint density at radius 1 is 1.32 bits per heavy atom. The minimum atomic E-state index is -4.70. The van der Waals surface area contributed by atoms with Crippen LogP contribution in [0.1, 0.15) is 19.4 Å². The fourth-order valence-corrected chi connectivity index (χ4v) is 2.15. The summed E-state index contributed by atoms with van der Waals surface area (Å²) in [5.74, 6) is -0.243. The summed E-state index contributed by atoms with van der Waals surface area (Å²) in [5.41, 5.74) is 8.32. The molecule has 25 heavy (non-hydrogen) atoms. The normalized spacial score (nSPS) is 13.2. The second-order valence-corrected chi connectivity index (χ2v) is 5.60. The number of rotatable bonds is 5. The van der Waals surface area contributed by atoms with Crippen LogP contribution >= 0.6 is 0 Å². The van der Waals surface area contributed by atoms with E-state index in [-0.39, 0.29) is 5.75 Å². The maximum absolute atomic E-state index is 12.3. The topological polar surface area (TPSA) is 52.5 Å². The summed E-state index contributed by atoms with van der Waals surface area (Å²) < 4.78 is 42.6. The van der Waals surface area contributed by atoms with Gasteiger partial charge in [0, 0.05) is 18.9 Å². The summed E-state index contributed by atoms with van der Waals surface area (Å²) in [7, 11) is 0. The molecule has 0 fully saturated rings. The molecule has 1 heterocycles. The fraction of sp³-hybridized carbons (Fsp3) is 0.278. The summed E-state index contributed by atoms with van der Waals surface area (Å²) in [6.45, 7) is 4.87. The SMILES string of the molecule is C/C=C(\C)CN=c1ccn(Cc2cccc(OC(F)(F)F)c2)cc1N. The number of hydrogen-bond acceptors (Lipinski definition) is 3. The van der Waals surface area contributed by atoms with Crippen LogP contribution in [0.3, 0.4) is 0 Å². The van der Waals surface area contributed by atoms with E-state index in [1.807, 2.05) is 19.9 Å². The number of hydrogen-bond donors (Lipinski definition) is 1. The van der Waals surface area contributed by atoms with Crippen molar-refractivity contribution in [3.63, 3.8) is 0 Å². The Morgan fingerprint density at radius 3 is 2.72 bits per heavy atom. The monoisotopic (exact) mass is 351 g/mol. The van der Waals surface area contributed by atoms with Gasteiger partial charge in [-0.2, -0.15) is 0 Å². The molecule has 0 unspecified atom stereocenters. The molecule has 0 saturated heterocycles. The molecule has 0 aliphatic heterocycles. The van der Waals surface area contributed by atoms with Gasteiger partial charge in [-0.25, -0.2) is 0 Å². The van der Waals surface area contributed by atoms with E-state index < -0.39 is 6.36 Å². The van der Waals surface area contributed by atoms with E-state index >= 15 is 0 Å². The number of halogens is 3. The molecule has 7 heteroatoms. The van der Waals surface area contributed by atoms with Crippen molar-refractivity contribution in [2.75, 3.05) is 12.3 Å². The van der Waals surface area contributed by atoms with Crippen molar-refractivity contribution in [2.45, 2.75) is 26.8 Å². The van der Waals surface area contributed by atoms with Crippen LogP contribution in [0.2, 0.25) is 0 Å². The maximum atomic E-state index is 12.3. The predicted molar refractivity (Wildman–Crippen MR) is 90.9 cm³/mol. The molecule has 1 aromatic carbocycles. The number of allylic oxidation sites excluding steroid dienone is 1. The molecule has 0 aliphatic carbocycles. The van der Waals surface area contributed by atoms with Crippen LogP contribution in [0.5, 0.6) is 5.75 Å². The van der Waals surface area contributed by atoms with E-state index in [4.69, 9.17) is 5.73 Å². The number of pyridine rings is 1. The molecular formula is C18H20F3N3O. The Hall–Kier alpha value is -2.70. The van der Waals surface area contributed by atoms with Crippen molar-refractivity contribution in [3.8, 4) is 5.75 Å². The highest BCUT2D eigenvalue weighted by molar-refractivity contribution is 5.34. The van der Waals surface area contributed by atoms with Gasteiger partial charge in [-0.15, -0.1) is 13.2 Å². The molecule has 4 nitrogen and oxygen atoms in total. The summed E-state index contributed by atoms with van der Waals surface area (Å²) in [4.78, 5) is 4.43. The molecule has 0 radical (unpaired) electrons. The van der Waals surface area contributed by atoms with Crippen molar-refractivity contribution in [2.24, 2.45) is 4.99 Å². The smallest absolute Gasteiger partial charge is 0.406 e. The highest BCUT2D eigenvalue weighted by Gasteiger charge is 2.31. The van der Waals surface area contributed by atoms with Gasteiger partial charge < -0.3 is 15.0 Å². The van der Waals surface area contributed by atoms with Crippen molar-refractivity contribution >= 4 is 5.69 Å². The van der Waals surface area contributed by atoms with Gasteiger partial charge in [0.1, 0.15) is 5.75 Å². The highest BCUT2D eigenvalue weighted by atomic mass is 19.4. The number of nitrogens with two attached hydrogens (primary N) is 1. The predicted octanol–water partition coefficient (Wildman–Crippen LogP) is 3.88. The molecule has 0 spiro atoms. The minimum absolute atomic E-state index is 0.243. The summed E-state index contributed by atoms with van der Waals surface area (Å²) in [6, 6.07) is 7.64. The molecule has 134 valence electrons. The van der Waals surface area contributed by atoms with E-state index in [9.17, 15) is 13.2 Å². The molecule has 0 amide bonds. The fourth-order valence-electron chi connectivity index (χ4n) is 2.15. The zero-order chi connectivity index (χ0) is 18.4. The van der Waals surface area contributed by atoms with Gasteiger partial charge in [0.15, 0.2) is 0 Å². The van der Waals surface area contributed by atoms with Crippen LogP contribution in [0, 0.1) is 0 Å². The van der Waals surface area contributed by atoms with Crippen LogP contribution in [0.15, 0.2) is 59.4 Å². The van der Waals surface area contributed by atoms with Gasteiger partial charge in [-0.1, -0.05) is 23.8 Å². The number of ether oxygens (including phenoxy) is 1. The van der Waals surface area contributed by atoms with E-state index in [2.05, 4.69) is 9.73 Å². The summed E-state index contributed by atoms with van der Waals surface area (Å²) in [5, 5.41) is 0.687. The molecule has 0 bridgehead atoms. The van der Waals surface area contributed by atoms with Gasteiger partial charge in [-0.05, 0) is 37.6 Å². The first kappa shape index (κ1) is 18.6. The number of nitrogens with zero attached hydrogens (tertiary/aromatic N) is 2. The highest BCUT2D eigenvalue weighted by Crippen LogP contribution is 2.23. The Morgan fingerprint density at radius 2 is 2.08 bits per heavy atom. The largest absolute Gasteiger partial charge is 0.573 e. The Labute approximate surface area is 144 Å². The van der Waals surface area contributed by atoms with Crippen LogP contribution in [0.25, 0.3) is 0 Å². The Balaban J connectivity index is 2.16. The molecule has 2 N–H and O–H groups in total. The zero-order valence-corrected chi connectivity index (χ0v) is 14.0. The van der Waals surface area contributed by atoms with Gasteiger partial charge in [0.2, 0.25) is 0 Å². The molecule has 0 saturated carbocycles. The standard InChI is InChI=1S/C18H20F3N3O/c1-3-13(2)10-23-17-7-8-24(12-16(17)22)11-14-5-4-6-15(9-14)25-18(19,20)21/h3-9,12H,10-11,22H2,1-2H3/b13-3+,23-17?. The lowest BCUT2D eigenvalue weighted by atomic mass is 10.2. The number of alkyl halides is 3. The van der Waals surface area contributed by atoms with Crippen LogP contribution < -0.4 is 15.8 Å². The molecule has 0 aliphatic rings. The third-order valence-corrected chi connectivity index (χ3v) is 3.51. The second kappa shape index (κ2) is 7.92. The third-order valence-electron chi connectivity index (χ3n) is 3.51. The van der Waals surface area contributed by atoms with E-state index in [1.54, 1.807) is 29.1 Å². The summed E-state index contributed by atoms with van der Waals surface area (Å²) >= 11 is 0. The third kappa shape index (κ3) is 6.02. The number of anilines is 1. The second-order valence-electron chi connectivity index (χ2n) is 5.60. The van der Waals surface area contributed by atoms with Crippen LogP contribution in [-0.2, 0) is 6.54 Å². The number of nitrogen functional groups attached to an aromatic ring is 1. The van der Waals surface area contributed by atoms with Crippen molar-refractivity contribution in [1.29, 1.82) is 0 Å². The van der Waals surface area contributed by atoms with Gasteiger partial charge >= 0.3 is 6.36 Å². The Bertz CT molecular complexity index is 823. The molecule has 2 rings (SSSR count). The van der Waals surface area contributed by atoms with Gasteiger partial charge in [0.25, 0.3) is 0 Å². The number of aromatic nitrogens is 1. The molecular weight excluding hydrogens is 331 g/mol. The van der Waals surface area contributed by atoms with E-state index in [0.29, 0.717) is 29.7 Å². The number of benzene rings is 1. The molecule has 0 atom stereocenters. The summed E-state index contributed by atoms with van der Waals surface area (Å²) in [6.07, 6.45) is 0.780. The maximum Gasteiger partial charge on any atom is 0.573 e. The molecule has 2 aromatic rings. The zero-order valence-electron chi connectivity index (χ0n) is 14.0. The van der Waals surface area contributed by atoms with Crippen LogP contribution in [0.4, 0.5) is 18.9 Å². The van der Waals surface area contributed by atoms with Crippen molar-refractivity contribution in [1.82, 2.24) is 4.57 Å².